The summed E-state index contributed by atoms with van der Waals surface area (Å²) in [6.45, 7) is -0.612. The average molecular weight is 428 g/mol. The fourth-order valence-electron chi connectivity index (χ4n) is 2.27. The van der Waals surface area contributed by atoms with Gasteiger partial charge < -0.3 is 19.5 Å². The molecule has 1 N–H and O–H groups in total. The minimum Gasteiger partial charge on any atom is -0.493 e. The van der Waals surface area contributed by atoms with Crippen molar-refractivity contribution in [2.75, 3.05) is 32.4 Å². The fourth-order valence-corrected chi connectivity index (χ4v) is 3.09. The number of carbonyl (C=O) groups is 2. The second-order valence-corrected chi connectivity index (χ2v) is 8.00. The van der Waals surface area contributed by atoms with Crippen molar-refractivity contribution in [2.24, 2.45) is 0 Å². The molecule has 150 valence electrons. The standard InChI is InChI=1S/C18H18ClNO7S/c1-25-15-6-4-5-12(17(15)26-2)18(22)27-10-16(21)20-14-9-11(28(3,23)24)7-8-13(14)19/h4-9H,10H2,1-3H3,(H,20,21). The number of methoxy groups -OCH3 is 2. The van der Waals surface area contributed by atoms with Gasteiger partial charge in [-0.1, -0.05) is 17.7 Å². The molecule has 0 bridgehead atoms. The zero-order chi connectivity index (χ0) is 20.9. The molecule has 2 aromatic rings. The van der Waals surface area contributed by atoms with E-state index in [4.69, 9.17) is 25.8 Å². The van der Waals surface area contributed by atoms with Gasteiger partial charge in [0.05, 0.1) is 29.8 Å². The van der Waals surface area contributed by atoms with E-state index >= 15 is 0 Å². The SMILES string of the molecule is COc1cccc(C(=O)OCC(=O)Nc2cc(S(C)(=O)=O)ccc2Cl)c1OC. The second-order valence-electron chi connectivity index (χ2n) is 5.58. The van der Waals surface area contributed by atoms with E-state index in [0.717, 1.165) is 6.26 Å². The van der Waals surface area contributed by atoms with E-state index in [1.165, 1.54) is 38.5 Å². The summed E-state index contributed by atoms with van der Waals surface area (Å²) < 4.78 is 38.5. The maximum atomic E-state index is 12.3. The van der Waals surface area contributed by atoms with Crippen LogP contribution in [0.5, 0.6) is 11.5 Å². The summed E-state index contributed by atoms with van der Waals surface area (Å²) in [4.78, 5) is 24.3. The Morgan fingerprint density at radius 3 is 2.43 bits per heavy atom. The van der Waals surface area contributed by atoms with Gasteiger partial charge in [0.25, 0.3) is 5.91 Å². The van der Waals surface area contributed by atoms with Crippen molar-refractivity contribution in [2.45, 2.75) is 4.90 Å². The molecular formula is C18H18ClNO7S. The highest BCUT2D eigenvalue weighted by atomic mass is 35.5. The number of halogens is 1. The maximum Gasteiger partial charge on any atom is 0.342 e. The minimum atomic E-state index is -3.48. The van der Waals surface area contributed by atoms with Gasteiger partial charge >= 0.3 is 5.97 Å². The smallest absolute Gasteiger partial charge is 0.342 e. The molecule has 10 heteroatoms. The molecular weight excluding hydrogens is 410 g/mol. The number of para-hydroxylation sites is 1. The number of anilines is 1. The van der Waals surface area contributed by atoms with E-state index < -0.39 is 28.3 Å². The van der Waals surface area contributed by atoms with Gasteiger partial charge in [-0.25, -0.2) is 13.2 Å². The van der Waals surface area contributed by atoms with E-state index in [0.29, 0.717) is 5.75 Å². The number of carbonyl (C=O) groups excluding carboxylic acids is 2. The van der Waals surface area contributed by atoms with Crippen LogP contribution < -0.4 is 14.8 Å². The van der Waals surface area contributed by atoms with Crippen molar-refractivity contribution in [1.29, 1.82) is 0 Å². The number of hydrogen-bond donors (Lipinski definition) is 1. The molecule has 0 unspecified atom stereocenters. The van der Waals surface area contributed by atoms with Gasteiger partial charge in [-0.2, -0.15) is 0 Å². The molecule has 0 saturated carbocycles. The molecule has 0 aliphatic rings. The molecule has 2 aromatic carbocycles. The van der Waals surface area contributed by atoms with Gasteiger partial charge in [-0.05, 0) is 30.3 Å². The van der Waals surface area contributed by atoms with Crippen LogP contribution in [0.1, 0.15) is 10.4 Å². The van der Waals surface area contributed by atoms with E-state index in [1.807, 2.05) is 0 Å². The molecule has 0 spiro atoms. The molecule has 0 fully saturated rings. The first-order chi connectivity index (χ1) is 13.2. The third kappa shape index (κ3) is 5.14. The molecule has 0 atom stereocenters. The van der Waals surface area contributed by atoms with Crippen LogP contribution in [0.25, 0.3) is 0 Å². The summed E-state index contributed by atoms with van der Waals surface area (Å²) in [5.74, 6) is -0.963. The van der Waals surface area contributed by atoms with E-state index in [2.05, 4.69) is 5.32 Å². The highest BCUT2D eigenvalue weighted by Gasteiger charge is 2.19. The van der Waals surface area contributed by atoms with E-state index in [9.17, 15) is 18.0 Å². The molecule has 0 radical (unpaired) electrons. The lowest BCUT2D eigenvalue weighted by Gasteiger charge is -2.12. The van der Waals surface area contributed by atoms with Crippen molar-refractivity contribution in [3.8, 4) is 11.5 Å². The van der Waals surface area contributed by atoms with Crippen LogP contribution in [0.4, 0.5) is 5.69 Å². The summed E-state index contributed by atoms with van der Waals surface area (Å²) in [7, 11) is -0.677. The number of hydrogen-bond acceptors (Lipinski definition) is 7. The lowest BCUT2D eigenvalue weighted by Crippen LogP contribution is -2.21. The van der Waals surface area contributed by atoms with Crippen molar-refractivity contribution < 1.29 is 32.2 Å². The van der Waals surface area contributed by atoms with Crippen LogP contribution in [-0.2, 0) is 19.4 Å². The first kappa shape index (κ1) is 21.5. The quantitative estimate of drug-likeness (QED) is 0.676. The predicted octanol–water partition coefficient (Wildman–Crippen LogP) is 2.56. The Balaban J connectivity index is 2.09. The summed E-state index contributed by atoms with van der Waals surface area (Å²) in [5.41, 5.74) is 0.177. The molecule has 28 heavy (non-hydrogen) atoms. The van der Waals surface area contributed by atoms with Crippen LogP contribution in [0, 0.1) is 0 Å². The second kappa shape index (κ2) is 8.94. The van der Waals surface area contributed by atoms with Crippen LogP contribution in [0.2, 0.25) is 5.02 Å². The average Bonchev–Trinajstić information content (AvgIpc) is 2.66. The van der Waals surface area contributed by atoms with Crippen molar-refractivity contribution in [3.05, 3.63) is 47.0 Å². The van der Waals surface area contributed by atoms with Crippen molar-refractivity contribution in [1.82, 2.24) is 0 Å². The van der Waals surface area contributed by atoms with Crippen LogP contribution in [-0.4, -0.2) is 47.4 Å². The minimum absolute atomic E-state index is 0.00897. The Morgan fingerprint density at radius 2 is 1.82 bits per heavy atom. The number of nitrogens with one attached hydrogen (secondary N) is 1. The van der Waals surface area contributed by atoms with Gasteiger partial charge in [0.2, 0.25) is 0 Å². The number of ether oxygens (including phenoxy) is 3. The number of benzene rings is 2. The van der Waals surface area contributed by atoms with Gasteiger partial charge in [0, 0.05) is 6.26 Å². The Labute approximate surface area is 167 Å². The Bertz CT molecular complexity index is 1000. The summed E-state index contributed by atoms with van der Waals surface area (Å²) in [6.07, 6.45) is 1.03. The Morgan fingerprint density at radius 1 is 1.11 bits per heavy atom. The number of sulfone groups is 1. The van der Waals surface area contributed by atoms with Gasteiger partial charge in [0.15, 0.2) is 27.9 Å². The fraction of sp³-hybridized carbons (Fsp3) is 0.222. The number of amides is 1. The summed E-state index contributed by atoms with van der Waals surface area (Å²) in [5, 5.41) is 2.55. The van der Waals surface area contributed by atoms with E-state index in [1.54, 1.807) is 12.1 Å². The van der Waals surface area contributed by atoms with Crippen LogP contribution >= 0.6 is 11.6 Å². The molecule has 0 aromatic heterocycles. The maximum absolute atomic E-state index is 12.3. The molecule has 2 rings (SSSR count). The number of esters is 1. The molecule has 1 amide bonds. The molecule has 0 aliphatic carbocycles. The van der Waals surface area contributed by atoms with E-state index in [-0.39, 0.29) is 26.9 Å². The van der Waals surface area contributed by atoms with Gasteiger partial charge in [-0.3, -0.25) is 4.79 Å². The largest absolute Gasteiger partial charge is 0.493 e. The molecule has 8 nitrogen and oxygen atoms in total. The first-order valence-corrected chi connectivity index (χ1v) is 10.1. The third-order valence-electron chi connectivity index (χ3n) is 3.60. The predicted molar refractivity (Wildman–Crippen MR) is 103 cm³/mol. The summed E-state index contributed by atoms with van der Waals surface area (Å²) >= 11 is 5.97. The third-order valence-corrected chi connectivity index (χ3v) is 5.04. The van der Waals surface area contributed by atoms with Gasteiger partial charge in [-0.15, -0.1) is 0 Å². The van der Waals surface area contributed by atoms with Crippen LogP contribution in [0.15, 0.2) is 41.3 Å². The van der Waals surface area contributed by atoms with Gasteiger partial charge in [0.1, 0.15) is 5.56 Å². The van der Waals surface area contributed by atoms with Crippen molar-refractivity contribution >= 4 is 39.0 Å². The zero-order valence-electron chi connectivity index (χ0n) is 15.3. The Kier molecular flexibility index (Phi) is 6.87. The Hall–Kier alpha value is -2.78. The highest BCUT2D eigenvalue weighted by Crippen LogP contribution is 2.31. The first-order valence-electron chi connectivity index (χ1n) is 7.85. The topological polar surface area (TPSA) is 108 Å². The normalized spacial score (nSPS) is 10.9. The summed E-state index contributed by atoms with van der Waals surface area (Å²) in [6, 6.07) is 8.55. The highest BCUT2D eigenvalue weighted by molar-refractivity contribution is 7.90. The molecule has 0 saturated heterocycles. The van der Waals surface area contributed by atoms with Crippen LogP contribution in [0.3, 0.4) is 0 Å². The monoisotopic (exact) mass is 427 g/mol. The number of rotatable bonds is 7. The van der Waals surface area contributed by atoms with Crippen molar-refractivity contribution in [3.63, 3.8) is 0 Å². The lowest BCUT2D eigenvalue weighted by molar-refractivity contribution is -0.119. The zero-order valence-corrected chi connectivity index (χ0v) is 16.9. The lowest BCUT2D eigenvalue weighted by atomic mass is 10.2. The molecule has 0 heterocycles. The molecule has 0 aliphatic heterocycles.